The Labute approximate surface area is 172 Å². The van der Waals surface area contributed by atoms with Crippen molar-refractivity contribution in [2.45, 2.75) is 19.4 Å². The summed E-state index contributed by atoms with van der Waals surface area (Å²) in [5.74, 6) is 1.01. The molecule has 5 rings (SSSR count). The fraction of sp³-hybridized carbons (Fsp3) is 0.273. The van der Waals surface area contributed by atoms with E-state index in [1.165, 1.54) is 0 Å². The van der Waals surface area contributed by atoms with Gasteiger partial charge in [-0.3, -0.25) is 9.48 Å². The van der Waals surface area contributed by atoms with Crippen LogP contribution in [0, 0.1) is 5.92 Å². The first-order valence-corrected chi connectivity index (χ1v) is 10.0. The van der Waals surface area contributed by atoms with Crippen LogP contribution in [0.2, 0.25) is 5.02 Å². The van der Waals surface area contributed by atoms with Gasteiger partial charge in [-0.05, 0) is 31.2 Å². The highest BCUT2D eigenvalue weighted by Gasteiger charge is 2.28. The zero-order valence-electron chi connectivity index (χ0n) is 16.2. The number of amides is 1. The molecule has 6 nitrogen and oxygen atoms in total. The number of para-hydroxylation sites is 1. The number of H-pyrrole nitrogens is 1. The number of rotatable bonds is 4. The third-order valence-electron chi connectivity index (χ3n) is 5.60. The van der Waals surface area contributed by atoms with Gasteiger partial charge in [-0.1, -0.05) is 23.7 Å². The van der Waals surface area contributed by atoms with Crippen LogP contribution in [-0.2, 0) is 11.8 Å². The van der Waals surface area contributed by atoms with E-state index in [9.17, 15) is 4.79 Å². The number of carbonyl (C=O) groups is 1. The summed E-state index contributed by atoms with van der Waals surface area (Å²) in [7, 11) is 1.90. The van der Waals surface area contributed by atoms with Gasteiger partial charge >= 0.3 is 0 Å². The summed E-state index contributed by atoms with van der Waals surface area (Å²) in [6.07, 6.45) is 2.36. The highest BCUT2D eigenvalue weighted by molar-refractivity contribution is 6.35. The van der Waals surface area contributed by atoms with Gasteiger partial charge in [0.1, 0.15) is 11.9 Å². The average Bonchev–Trinajstić information content (AvgIpc) is 3.39. The molecule has 29 heavy (non-hydrogen) atoms. The van der Waals surface area contributed by atoms with Crippen molar-refractivity contribution in [2.75, 3.05) is 6.54 Å². The van der Waals surface area contributed by atoms with E-state index in [-0.39, 0.29) is 17.9 Å². The van der Waals surface area contributed by atoms with Crippen LogP contribution in [0.15, 0.2) is 42.6 Å². The lowest BCUT2D eigenvalue weighted by Gasteiger charge is -2.20. The van der Waals surface area contributed by atoms with Gasteiger partial charge in [0.25, 0.3) is 0 Å². The van der Waals surface area contributed by atoms with E-state index in [0.717, 1.165) is 38.8 Å². The number of nitrogens with one attached hydrogen (secondary N) is 2. The van der Waals surface area contributed by atoms with Crippen LogP contribution in [-0.4, -0.2) is 33.3 Å². The first kappa shape index (κ1) is 18.1. The molecule has 3 heterocycles. The number of benzene rings is 2. The van der Waals surface area contributed by atoms with E-state index >= 15 is 0 Å². The van der Waals surface area contributed by atoms with Crippen molar-refractivity contribution in [3.8, 4) is 17.0 Å². The second-order valence-corrected chi connectivity index (χ2v) is 8.10. The number of hydrogen-bond acceptors (Lipinski definition) is 3. The standard InChI is InChI=1S/C22H21ClN4O2/c1-12(15-9-21(28)24-10-15)29-20-8-14(7-19-16(20)11-27(2)26-19)18-6-13-4-3-5-17(23)22(13)25-18/h3-8,11-12,15,25H,9-10H2,1-2H3,(H,24,28). The van der Waals surface area contributed by atoms with Gasteiger partial charge in [-0.15, -0.1) is 0 Å². The third kappa shape index (κ3) is 3.23. The Balaban J connectivity index is 1.57. The minimum absolute atomic E-state index is 0.0840. The van der Waals surface area contributed by atoms with Crippen LogP contribution in [0.1, 0.15) is 13.3 Å². The Bertz CT molecular complexity index is 1240. The van der Waals surface area contributed by atoms with E-state index in [0.29, 0.717) is 18.0 Å². The van der Waals surface area contributed by atoms with E-state index < -0.39 is 0 Å². The summed E-state index contributed by atoms with van der Waals surface area (Å²) in [6, 6.07) is 12.0. The number of aromatic nitrogens is 3. The van der Waals surface area contributed by atoms with E-state index in [1.54, 1.807) is 4.68 Å². The lowest BCUT2D eigenvalue weighted by molar-refractivity contribution is -0.119. The first-order valence-electron chi connectivity index (χ1n) is 9.66. The van der Waals surface area contributed by atoms with Gasteiger partial charge < -0.3 is 15.0 Å². The molecule has 2 aromatic heterocycles. The highest BCUT2D eigenvalue weighted by Crippen LogP contribution is 2.35. The van der Waals surface area contributed by atoms with Crippen molar-refractivity contribution < 1.29 is 9.53 Å². The van der Waals surface area contributed by atoms with E-state index in [1.807, 2.05) is 50.5 Å². The minimum Gasteiger partial charge on any atom is -0.490 e. The zero-order valence-corrected chi connectivity index (χ0v) is 17.0. The Hall–Kier alpha value is -2.99. The molecule has 2 atom stereocenters. The SMILES string of the molecule is CC(Oc1cc(-c2cc3cccc(Cl)c3[nH]2)cc2nn(C)cc12)C1CNC(=O)C1. The molecule has 0 saturated carbocycles. The van der Waals surface area contributed by atoms with Gasteiger partial charge in [0.05, 0.1) is 21.4 Å². The largest absolute Gasteiger partial charge is 0.490 e. The molecular weight excluding hydrogens is 388 g/mol. The predicted octanol–water partition coefficient (Wildman–Crippen LogP) is 4.28. The van der Waals surface area contributed by atoms with Crippen molar-refractivity contribution in [1.82, 2.24) is 20.1 Å². The number of aromatic amines is 1. The summed E-state index contributed by atoms with van der Waals surface area (Å²) in [5, 5.41) is 10.2. The number of fused-ring (bicyclic) bond motifs is 2. The number of aryl methyl sites for hydroxylation is 1. The van der Waals surface area contributed by atoms with Gasteiger partial charge in [0, 0.05) is 48.8 Å². The van der Waals surface area contributed by atoms with E-state index in [4.69, 9.17) is 16.3 Å². The molecule has 0 bridgehead atoms. The maximum atomic E-state index is 11.6. The van der Waals surface area contributed by atoms with Gasteiger partial charge in [-0.25, -0.2) is 0 Å². The molecule has 1 aliphatic rings. The third-order valence-corrected chi connectivity index (χ3v) is 5.92. The summed E-state index contributed by atoms with van der Waals surface area (Å²) < 4.78 is 8.13. The molecule has 1 saturated heterocycles. The molecule has 1 amide bonds. The molecule has 0 aliphatic carbocycles. The topological polar surface area (TPSA) is 71.9 Å². The van der Waals surface area contributed by atoms with Crippen LogP contribution in [0.25, 0.3) is 33.1 Å². The van der Waals surface area contributed by atoms with Gasteiger partial charge in [0.15, 0.2) is 0 Å². The normalized spacial score (nSPS) is 17.8. The molecule has 0 radical (unpaired) electrons. The van der Waals surface area contributed by atoms with Crippen molar-refractivity contribution in [3.05, 3.63) is 47.6 Å². The van der Waals surface area contributed by atoms with E-state index in [2.05, 4.69) is 21.5 Å². The average molecular weight is 409 g/mol. The maximum Gasteiger partial charge on any atom is 0.220 e. The number of halogens is 1. The number of hydrogen-bond donors (Lipinski definition) is 2. The molecule has 0 spiro atoms. The fourth-order valence-corrected chi connectivity index (χ4v) is 4.22. The second-order valence-electron chi connectivity index (χ2n) is 7.69. The number of ether oxygens (including phenoxy) is 1. The molecule has 7 heteroatoms. The maximum absolute atomic E-state index is 11.6. The van der Waals surface area contributed by atoms with Crippen LogP contribution in [0.4, 0.5) is 0 Å². The molecule has 2 aromatic carbocycles. The molecule has 4 aromatic rings. The summed E-state index contributed by atoms with van der Waals surface area (Å²) in [5.41, 5.74) is 3.70. The molecule has 2 unspecified atom stereocenters. The molecular formula is C22H21ClN4O2. The Kier molecular flexibility index (Phi) is 4.24. The molecule has 2 N–H and O–H groups in total. The van der Waals surface area contributed by atoms with Crippen LogP contribution in [0.5, 0.6) is 5.75 Å². The highest BCUT2D eigenvalue weighted by atomic mass is 35.5. The first-order chi connectivity index (χ1) is 14.0. The lowest BCUT2D eigenvalue weighted by atomic mass is 10.0. The van der Waals surface area contributed by atoms with Gasteiger partial charge in [0.2, 0.25) is 5.91 Å². The molecule has 148 valence electrons. The summed E-state index contributed by atoms with van der Waals surface area (Å²) >= 11 is 6.34. The van der Waals surface area contributed by atoms with Gasteiger partial charge in [-0.2, -0.15) is 5.10 Å². The fourth-order valence-electron chi connectivity index (χ4n) is 3.99. The number of nitrogens with zero attached hydrogens (tertiary/aromatic N) is 2. The van der Waals surface area contributed by atoms with Crippen LogP contribution < -0.4 is 10.1 Å². The quantitative estimate of drug-likeness (QED) is 0.529. The zero-order chi connectivity index (χ0) is 20.1. The minimum atomic E-state index is -0.0928. The molecule has 1 aliphatic heterocycles. The second kappa shape index (κ2) is 6.81. The molecule has 1 fully saturated rings. The van der Waals surface area contributed by atoms with Crippen molar-refractivity contribution in [2.24, 2.45) is 13.0 Å². The number of carbonyl (C=O) groups excluding carboxylic acids is 1. The van der Waals surface area contributed by atoms with Crippen molar-refractivity contribution in [1.29, 1.82) is 0 Å². The Morgan fingerprint density at radius 2 is 2.17 bits per heavy atom. The van der Waals surface area contributed by atoms with Crippen LogP contribution in [0.3, 0.4) is 0 Å². The smallest absolute Gasteiger partial charge is 0.220 e. The monoisotopic (exact) mass is 408 g/mol. The van der Waals surface area contributed by atoms with Crippen molar-refractivity contribution >= 4 is 39.3 Å². The predicted molar refractivity (Wildman–Crippen MR) is 114 cm³/mol. The Morgan fingerprint density at radius 1 is 1.31 bits per heavy atom. The summed E-state index contributed by atoms with van der Waals surface area (Å²) in [4.78, 5) is 15.0. The lowest BCUT2D eigenvalue weighted by Crippen LogP contribution is -2.25. The van der Waals surface area contributed by atoms with Crippen molar-refractivity contribution in [3.63, 3.8) is 0 Å². The summed E-state index contributed by atoms with van der Waals surface area (Å²) in [6.45, 7) is 2.67. The Morgan fingerprint density at radius 3 is 2.93 bits per heavy atom. The van der Waals surface area contributed by atoms with Crippen LogP contribution >= 0.6 is 11.6 Å².